The molecule has 166 valence electrons. The van der Waals surface area contributed by atoms with E-state index in [1.807, 2.05) is 19.0 Å². The Morgan fingerprint density at radius 1 is 0.968 bits per heavy atom. The van der Waals surface area contributed by atoms with Gasteiger partial charge in [0.25, 0.3) is 0 Å². The van der Waals surface area contributed by atoms with Gasteiger partial charge in [0, 0.05) is 18.0 Å². The quantitative estimate of drug-likeness (QED) is 0.366. The standard InChI is InChI=1S/C21H19ClF3NO5/c1-26(2)12-11-17(13-5-9-16(22)10-6-13)30-19(28)20(29)31-18(27)14-3-7-15(8-4-14)21(23,24)25/h3-10,17H,11-12H2,1-2H3. The third kappa shape index (κ3) is 7.37. The summed E-state index contributed by atoms with van der Waals surface area (Å²) in [5.41, 5.74) is -0.709. The molecule has 0 saturated heterocycles. The summed E-state index contributed by atoms with van der Waals surface area (Å²) < 4.78 is 47.4. The number of rotatable bonds is 6. The van der Waals surface area contributed by atoms with E-state index >= 15 is 0 Å². The van der Waals surface area contributed by atoms with Crippen molar-refractivity contribution < 1.29 is 37.0 Å². The lowest BCUT2D eigenvalue weighted by Gasteiger charge is -2.20. The average molecular weight is 458 g/mol. The largest absolute Gasteiger partial charge is 0.449 e. The number of halogens is 4. The Balaban J connectivity index is 2.04. The third-order valence-electron chi connectivity index (χ3n) is 4.13. The van der Waals surface area contributed by atoms with Crippen LogP contribution in [0.15, 0.2) is 48.5 Å². The van der Waals surface area contributed by atoms with Crippen LogP contribution in [-0.4, -0.2) is 43.4 Å². The first kappa shape index (κ1) is 24.4. The van der Waals surface area contributed by atoms with Crippen LogP contribution >= 0.6 is 11.6 Å². The molecule has 0 N–H and O–H groups in total. The van der Waals surface area contributed by atoms with Crippen LogP contribution in [0.5, 0.6) is 0 Å². The van der Waals surface area contributed by atoms with Gasteiger partial charge in [-0.2, -0.15) is 13.2 Å². The van der Waals surface area contributed by atoms with Crippen LogP contribution in [0.3, 0.4) is 0 Å². The van der Waals surface area contributed by atoms with Crippen LogP contribution in [0, 0.1) is 0 Å². The van der Waals surface area contributed by atoms with Gasteiger partial charge >= 0.3 is 24.1 Å². The molecule has 0 radical (unpaired) electrons. The molecule has 1 unspecified atom stereocenters. The zero-order valence-corrected chi connectivity index (χ0v) is 17.4. The minimum Gasteiger partial charge on any atom is -0.449 e. The molecule has 0 aliphatic rings. The molecule has 2 aromatic carbocycles. The van der Waals surface area contributed by atoms with Gasteiger partial charge in [0.1, 0.15) is 6.10 Å². The van der Waals surface area contributed by atoms with Gasteiger partial charge in [-0.1, -0.05) is 23.7 Å². The number of carbonyl (C=O) groups excluding carboxylic acids is 3. The first-order valence-electron chi connectivity index (χ1n) is 9.02. The molecule has 2 aromatic rings. The average Bonchev–Trinajstić information content (AvgIpc) is 2.70. The van der Waals surface area contributed by atoms with E-state index in [1.165, 1.54) is 0 Å². The molecule has 6 nitrogen and oxygen atoms in total. The number of alkyl halides is 3. The molecular formula is C21H19ClF3NO5. The van der Waals surface area contributed by atoms with Gasteiger partial charge < -0.3 is 14.4 Å². The van der Waals surface area contributed by atoms with E-state index < -0.39 is 35.8 Å². The molecule has 0 bridgehead atoms. The van der Waals surface area contributed by atoms with E-state index in [0.717, 1.165) is 12.1 Å². The van der Waals surface area contributed by atoms with E-state index in [0.29, 0.717) is 35.7 Å². The predicted octanol–water partition coefficient (Wildman–Crippen LogP) is 4.28. The van der Waals surface area contributed by atoms with Crippen molar-refractivity contribution in [2.75, 3.05) is 20.6 Å². The second-order valence-corrected chi connectivity index (χ2v) is 7.23. The molecule has 31 heavy (non-hydrogen) atoms. The summed E-state index contributed by atoms with van der Waals surface area (Å²) in [5.74, 6) is -4.25. The van der Waals surface area contributed by atoms with Gasteiger partial charge in [-0.25, -0.2) is 14.4 Å². The second-order valence-electron chi connectivity index (χ2n) is 6.79. The predicted molar refractivity (Wildman–Crippen MR) is 105 cm³/mol. The summed E-state index contributed by atoms with van der Waals surface area (Å²) in [5, 5.41) is 0.475. The van der Waals surface area contributed by atoms with Gasteiger partial charge in [-0.05, 0) is 56.1 Å². The Labute approximate surface area is 181 Å². The van der Waals surface area contributed by atoms with Crippen LogP contribution in [0.2, 0.25) is 5.02 Å². The monoisotopic (exact) mass is 457 g/mol. The van der Waals surface area contributed by atoms with E-state index in [4.69, 9.17) is 16.3 Å². The fourth-order valence-corrected chi connectivity index (χ4v) is 2.63. The smallest absolute Gasteiger partial charge is 0.425 e. The molecule has 0 amide bonds. The fraction of sp³-hybridized carbons (Fsp3) is 0.286. The fourth-order valence-electron chi connectivity index (χ4n) is 2.50. The van der Waals surface area contributed by atoms with Gasteiger partial charge in [0.05, 0.1) is 11.1 Å². The number of hydrogen-bond donors (Lipinski definition) is 0. The van der Waals surface area contributed by atoms with Crippen LogP contribution in [0.4, 0.5) is 13.2 Å². The van der Waals surface area contributed by atoms with Crippen LogP contribution < -0.4 is 0 Å². The van der Waals surface area contributed by atoms with Gasteiger partial charge in [-0.15, -0.1) is 0 Å². The molecule has 0 saturated carbocycles. The Morgan fingerprint density at radius 2 is 1.55 bits per heavy atom. The molecule has 0 heterocycles. The van der Waals surface area contributed by atoms with Crippen LogP contribution in [-0.2, 0) is 25.2 Å². The lowest BCUT2D eigenvalue weighted by atomic mass is 10.1. The van der Waals surface area contributed by atoms with Crippen molar-refractivity contribution in [2.45, 2.75) is 18.7 Å². The van der Waals surface area contributed by atoms with Crippen molar-refractivity contribution in [1.29, 1.82) is 0 Å². The molecule has 1 atom stereocenters. The maximum absolute atomic E-state index is 12.6. The van der Waals surface area contributed by atoms with Gasteiger partial charge in [0.15, 0.2) is 0 Å². The van der Waals surface area contributed by atoms with Crippen molar-refractivity contribution in [1.82, 2.24) is 4.90 Å². The SMILES string of the molecule is CN(C)CCC(OC(=O)C(=O)OC(=O)c1ccc(C(F)(F)F)cc1)c1ccc(Cl)cc1. The van der Waals surface area contributed by atoms with E-state index in [1.54, 1.807) is 24.3 Å². The highest BCUT2D eigenvalue weighted by molar-refractivity contribution is 6.32. The number of ether oxygens (including phenoxy) is 2. The van der Waals surface area contributed by atoms with Crippen molar-refractivity contribution in [3.63, 3.8) is 0 Å². The first-order chi connectivity index (χ1) is 14.5. The van der Waals surface area contributed by atoms with Crippen molar-refractivity contribution in [2.24, 2.45) is 0 Å². The molecule has 0 fully saturated rings. The number of esters is 3. The van der Waals surface area contributed by atoms with E-state index in [9.17, 15) is 27.6 Å². The Hall–Kier alpha value is -2.91. The highest BCUT2D eigenvalue weighted by Gasteiger charge is 2.31. The molecule has 0 aliphatic carbocycles. The summed E-state index contributed by atoms with van der Waals surface area (Å²) in [6.45, 7) is 0.528. The highest BCUT2D eigenvalue weighted by atomic mass is 35.5. The van der Waals surface area contributed by atoms with Crippen molar-refractivity contribution in [3.05, 3.63) is 70.2 Å². The highest BCUT2D eigenvalue weighted by Crippen LogP contribution is 2.29. The number of benzene rings is 2. The summed E-state index contributed by atoms with van der Waals surface area (Å²) in [7, 11) is 3.63. The van der Waals surface area contributed by atoms with Gasteiger partial charge in [-0.3, -0.25) is 0 Å². The molecular weight excluding hydrogens is 439 g/mol. The molecule has 0 aliphatic heterocycles. The lowest BCUT2D eigenvalue weighted by molar-refractivity contribution is -0.168. The van der Waals surface area contributed by atoms with E-state index in [-0.39, 0.29) is 5.56 Å². The van der Waals surface area contributed by atoms with Crippen LogP contribution in [0.25, 0.3) is 0 Å². The zero-order valence-electron chi connectivity index (χ0n) is 16.6. The number of carbonyl (C=O) groups is 3. The lowest BCUT2D eigenvalue weighted by Crippen LogP contribution is -2.26. The number of hydrogen-bond acceptors (Lipinski definition) is 6. The Kier molecular flexibility index (Phi) is 8.18. The maximum Gasteiger partial charge on any atom is 0.425 e. The Morgan fingerprint density at radius 3 is 2.06 bits per heavy atom. The summed E-state index contributed by atoms with van der Waals surface area (Å²) in [6, 6.07) is 9.48. The van der Waals surface area contributed by atoms with E-state index in [2.05, 4.69) is 4.74 Å². The zero-order chi connectivity index (χ0) is 23.2. The normalized spacial score (nSPS) is 12.4. The first-order valence-corrected chi connectivity index (χ1v) is 9.39. The maximum atomic E-state index is 12.6. The number of nitrogens with zero attached hydrogens (tertiary/aromatic N) is 1. The second kappa shape index (κ2) is 10.4. The van der Waals surface area contributed by atoms with Crippen LogP contribution in [0.1, 0.15) is 34.0 Å². The molecule has 0 spiro atoms. The summed E-state index contributed by atoms with van der Waals surface area (Å²) >= 11 is 5.86. The molecule has 2 rings (SSSR count). The Bertz CT molecular complexity index is 928. The topological polar surface area (TPSA) is 72.9 Å². The summed E-state index contributed by atoms with van der Waals surface area (Å²) in [4.78, 5) is 38.0. The minimum absolute atomic E-state index is 0.323. The minimum atomic E-state index is -4.58. The van der Waals surface area contributed by atoms with Crippen molar-refractivity contribution >= 4 is 29.5 Å². The third-order valence-corrected chi connectivity index (χ3v) is 4.38. The van der Waals surface area contributed by atoms with Crippen molar-refractivity contribution in [3.8, 4) is 0 Å². The summed E-state index contributed by atoms with van der Waals surface area (Å²) in [6.07, 6.45) is -5.04. The molecule has 0 aromatic heterocycles. The van der Waals surface area contributed by atoms with Gasteiger partial charge in [0.2, 0.25) is 0 Å². The molecule has 10 heteroatoms.